The molecule has 1 fully saturated rings. The largest absolute Gasteiger partial charge is 0.495 e. The number of aromatic nitrogens is 2. The number of aliphatic hydroxyl groups is 1. The first-order chi connectivity index (χ1) is 18.7. The third-order valence-electron chi connectivity index (χ3n) is 5.68. The lowest BCUT2D eigenvalue weighted by atomic mass is 10.2. The lowest BCUT2D eigenvalue weighted by Crippen LogP contribution is -2.49. The molecule has 1 aromatic heterocycles. The van der Waals surface area contributed by atoms with Crippen LogP contribution in [-0.4, -0.2) is 94.9 Å². The number of para-hydroxylation sites is 2. The van der Waals surface area contributed by atoms with Crippen molar-refractivity contribution in [1.82, 2.24) is 15.1 Å². The maximum absolute atomic E-state index is 10.5. The summed E-state index contributed by atoms with van der Waals surface area (Å²) in [5, 5.41) is 34.0. The number of hydrogen-bond donors (Lipinski definition) is 3. The van der Waals surface area contributed by atoms with Crippen molar-refractivity contribution in [3.63, 3.8) is 0 Å². The number of carbonyl (C=O) groups is 2. The van der Waals surface area contributed by atoms with Crippen LogP contribution in [0.2, 0.25) is 0 Å². The van der Waals surface area contributed by atoms with Gasteiger partial charge in [0.2, 0.25) is 11.8 Å². The molecule has 1 aliphatic heterocycles. The normalized spacial score (nSPS) is 14.4. The molecule has 2 heterocycles. The summed E-state index contributed by atoms with van der Waals surface area (Å²) in [5.41, 5.74) is 1.91. The van der Waals surface area contributed by atoms with Gasteiger partial charge < -0.3 is 34.1 Å². The van der Waals surface area contributed by atoms with E-state index >= 15 is 0 Å². The minimum atomic E-state index is -1.26. The van der Waals surface area contributed by atoms with Crippen LogP contribution in [0, 0.1) is 6.92 Å². The van der Waals surface area contributed by atoms with Crippen molar-refractivity contribution in [3.05, 3.63) is 66.6 Å². The Morgan fingerprint density at radius 3 is 2.33 bits per heavy atom. The molecule has 3 aromatic rings. The number of aliphatic carboxylic acids is 2. The number of aliphatic hydroxyl groups excluding tert-OH is 1. The second-order valence-corrected chi connectivity index (χ2v) is 8.59. The van der Waals surface area contributed by atoms with Crippen molar-refractivity contribution < 1.29 is 38.8 Å². The van der Waals surface area contributed by atoms with Crippen LogP contribution in [0.3, 0.4) is 0 Å². The zero-order valence-electron chi connectivity index (χ0n) is 21.8. The minimum Gasteiger partial charge on any atom is -0.495 e. The van der Waals surface area contributed by atoms with Gasteiger partial charge in [0, 0.05) is 57.4 Å². The summed E-state index contributed by atoms with van der Waals surface area (Å²) in [6, 6.07) is 15.5. The van der Waals surface area contributed by atoms with Crippen LogP contribution in [0.5, 0.6) is 11.5 Å². The van der Waals surface area contributed by atoms with Crippen molar-refractivity contribution in [2.75, 3.05) is 51.3 Å². The molecule has 1 aliphatic rings. The Bertz CT molecular complexity index is 1240. The smallest absolute Gasteiger partial charge is 0.328 e. The quantitative estimate of drug-likeness (QED) is 0.323. The summed E-state index contributed by atoms with van der Waals surface area (Å²) in [6.07, 6.45) is 0.539. The van der Waals surface area contributed by atoms with Gasteiger partial charge in [-0.25, -0.2) is 9.59 Å². The first-order valence-corrected chi connectivity index (χ1v) is 12.2. The summed E-state index contributed by atoms with van der Waals surface area (Å²) >= 11 is 0. The zero-order chi connectivity index (χ0) is 28.2. The van der Waals surface area contributed by atoms with Crippen molar-refractivity contribution >= 4 is 17.6 Å². The van der Waals surface area contributed by atoms with E-state index in [1.165, 1.54) is 0 Å². The number of methoxy groups -OCH3 is 1. The molecule has 208 valence electrons. The predicted molar refractivity (Wildman–Crippen MR) is 142 cm³/mol. The number of hydrogen-bond acceptors (Lipinski definition) is 10. The molecule has 12 nitrogen and oxygen atoms in total. The number of carboxylic acid groups (broad SMARTS) is 2. The highest BCUT2D eigenvalue weighted by Gasteiger charge is 2.21. The van der Waals surface area contributed by atoms with Crippen molar-refractivity contribution in [3.8, 4) is 23.0 Å². The number of β-amino-alcohol motifs (C(OH)–C–C–N with tert-alkyl or cyclic N) is 1. The Hall–Kier alpha value is -4.42. The fourth-order valence-electron chi connectivity index (χ4n) is 3.88. The van der Waals surface area contributed by atoms with Crippen LogP contribution in [0.1, 0.15) is 5.89 Å². The molecule has 0 amide bonds. The molecule has 0 spiro atoms. The van der Waals surface area contributed by atoms with Gasteiger partial charge in [0.15, 0.2) is 0 Å². The number of rotatable bonds is 10. The van der Waals surface area contributed by atoms with Crippen molar-refractivity contribution in [1.29, 1.82) is 0 Å². The molecular weight excluding hydrogens is 508 g/mol. The van der Waals surface area contributed by atoms with Gasteiger partial charge >= 0.3 is 11.9 Å². The van der Waals surface area contributed by atoms with E-state index in [1.807, 2.05) is 42.5 Å². The number of carboxylic acids is 2. The monoisotopic (exact) mass is 540 g/mol. The van der Waals surface area contributed by atoms with E-state index in [9.17, 15) is 14.7 Å². The third kappa shape index (κ3) is 9.43. The summed E-state index contributed by atoms with van der Waals surface area (Å²) in [4.78, 5) is 23.7. The standard InChI is InChI=1S/C23H28N4O4.C4H4O4/c1-17-24-25-23(31-17)18-6-5-7-20(14-18)30-16-19(28)15-26-10-12-27(13-11-26)21-8-3-4-9-22(21)29-2;5-3(6)1-2-4(7)8/h3-9,14,19,28H,10-13,15-16H2,1-2H3;1-2H,(H,5,6)(H,7,8)/b;2-1+. The van der Waals surface area contributed by atoms with Gasteiger partial charge in [0.1, 0.15) is 24.2 Å². The molecule has 3 N–H and O–H groups in total. The van der Waals surface area contributed by atoms with Gasteiger partial charge in [0.05, 0.1) is 12.8 Å². The van der Waals surface area contributed by atoms with Gasteiger partial charge in [0.25, 0.3) is 0 Å². The fourth-order valence-corrected chi connectivity index (χ4v) is 3.88. The summed E-state index contributed by atoms with van der Waals surface area (Å²) in [6.45, 7) is 6.08. The number of nitrogens with zero attached hydrogens (tertiary/aromatic N) is 4. The molecular formula is C27H32N4O8. The van der Waals surface area contributed by atoms with Crippen LogP contribution < -0.4 is 14.4 Å². The van der Waals surface area contributed by atoms with E-state index in [4.69, 9.17) is 24.1 Å². The maximum Gasteiger partial charge on any atom is 0.328 e. The van der Waals surface area contributed by atoms with E-state index < -0.39 is 18.0 Å². The highest BCUT2D eigenvalue weighted by atomic mass is 16.5. The molecule has 12 heteroatoms. The fraction of sp³-hybridized carbons (Fsp3) is 0.333. The molecule has 1 unspecified atom stereocenters. The lowest BCUT2D eigenvalue weighted by molar-refractivity contribution is -0.134. The Balaban J connectivity index is 0.000000459. The highest BCUT2D eigenvalue weighted by Crippen LogP contribution is 2.28. The van der Waals surface area contributed by atoms with E-state index in [1.54, 1.807) is 14.0 Å². The Kier molecular flexibility index (Phi) is 10.8. The molecule has 2 aromatic carbocycles. The molecule has 1 saturated heterocycles. The van der Waals surface area contributed by atoms with E-state index in [0.29, 0.717) is 36.2 Å². The summed E-state index contributed by atoms with van der Waals surface area (Å²) < 4.78 is 16.7. The first kappa shape index (κ1) is 29.1. The molecule has 0 aliphatic carbocycles. The third-order valence-corrected chi connectivity index (χ3v) is 5.68. The first-order valence-electron chi connectivity index (χ1n) is 12.2. The average molecular weight is 541 g/mol. The number of piperazine rings is 1. The molecule has 4 rings (SSSR count). The minimum absolute atomic E-state index is 0.221. The van der Waals surface area contributed by atoms with Crippen LogP contribution >= 0.6 is 0 Å². The number of benzene rings is 2. The number of anilines is 1. The second-order valence-electron chi connectivity index (χ2n) is 8.59. The SMILES string of the molecule is COc1ccccc1N1CCN(CC(O)COc2cccc(-c3nnc(C)o3)c2)CC1.O=C(O)/C=C/C(=O)O. The zero-order valence-corrected chi connectivity index (χ0v) is 21.8. The van der Waals surface area contributed by atoms with E-state index in [0.717, 1.165) is 43.2 Å². The average Bonchev–Trinajstić information content (AvgIpc) is 3.38. The maximum atomic E-state index is 10.5. The molecule has 0 radical (unpaired) electrons. The summed E-state index contributed by atoms with van der Waals surface area (Å²) in [5.74, 6) is 0.00876. The lowest BCUT2D eigenvalue weighted by Gasteiger charge is -2.37. The van der Waals surface area contributed by atoms with Gasteiger partial charge in [-0.05, 0) is 30.3 Å². The number of ether oxygens (including phenoxy) is 2. The van der Waals surface area contributed by atoms with Gasteiger partial charge in [-0.3, -0.25) is 4.90 Å². The van der Waals surface area contributed by atoms with Crippen LogP contribution in [-0.2, 0) is 9.59 Å². The predicted octanol–water partition coefficient (Wildman–Crippen LogP) is 2.33. The Labute approximate surface area is 225 Å². The summed E-state index contributed by atoms with van der Waals surface area (Å²) in [7, 11) is 1.70. The highest BCUT2D eigenvalue weighted by molar-refractivity contribution is 5.89. The van der Waals surface area contributed by atoms with Gasteiger partial charge in [-0.15, -0.1) is 10.2 Å². The van der Waals surface area contributed by atoms with Gasteiger partial charge in [-0.2, -0.15) is 0 Å². The van der Waals surface area contributed by atoms with Crippen LogP contribution in [0.25, 0.3) is 11.5 Å². The van der Waals surface area contributed by atoms with Crippen LogP contribution in [0.15, 0.2) is 65.1 Å². The van der Waals surface area contributed by atoms with E-state index in [2.05, 4.69) is 26.1 Å². The van der Waals surface area contributed by atoms with Crippen molar-refractivity contribution in [2.24, 2.45) is 0 Å². The number of aryl methyl sites for hydroxylation is 1. The van der Waals surface area contributed by atoms with E-state index in [-0.39, 0.29) is 6.61 Å². The van der Waals surface area contributed by atoms with Crippen LogP contribution in [0.4, 0.5) is 5.69 Å². The van der Waals surface area contributed by atoms with Crippen molar-refractivity contribution in [2.45, 2.75) is 13.0 Å². The Morgan fingerprint density at radius 1 is 1.03 bits per heavy atom. The topological polar surface area (TPSA) is 159 Å². The Morgan fingerprint density at radius 2 is 1.72 bits per heavy atom. The molecule has 1 atom stereocenters. The molecule has 39 heavy (non-hydrogen) atoms. The second kappa shape index (κ2) is 14.5. The van der Waals surface area contributed by atoms with Gasteiger partial charge in [-0.1, -0.05) is 18.2 Å². The molecule has 0 bridgehead atoms. The molecule has 0 saturated carbocycles.